The maximum Gasteiger partial charge on any atom is 0.327 e. The number of hydrogen-bond donors (Lipinski definition) is 3. The van der Waals surface area contributed by atoms with Crippen LogP contribution in [0.3, 0.4) is 0 Å². The zero-order valence-corrected chi connectivity index (χ0v) is 14.6. The zero-order valence-electron chi connectivity index (χ0n) is 14.6. The number of carboxylic acid groups (broad SMARTS) is 1. The van der Waals surface area contributed by atoms with Crippen LogP contribution in [0.5, 0.6) is 0 Å². The van der Waals surface area contributed by atoms with E-state index in [1.54, 1.807) is 43.6 Å². The lowest BCUT2D eigenvalue weighted by atomic mass is 9.82. The number of aliphatic carboxylic acids is 1. The summed E-state index contributed by atoms with van der Waals surface area (Å²) < 4.78 is 0. The molecule has 27 heavy (non-hydrogen) atoms. The molecular weight excluding hydrogens is 350 g/mol. The van der Waals surface area contributed by atoms with Gasteiger partial charge in [-0.1, -0.05) is 6.07 Å². The largest absolute Gasteiger partial charge is 0.480 e. The first-order chi connectivity index (χ1) is 12.9. The fraction of sp³-hybridized carbons (Fsp3) is 0.278. The summed E-state index contributed by atoms with van der Waals surface area (Å²) in [5.74, 6) is -2.31. The molecule has 0 aromatic carbocycles. The van der Waals surface area contributed by atoms with E-state index in [4.69, 9.17) is 5.73 Å². The number of nitrogens with two attached hydrogens (primary N) is 1. The van der Waals surface area contributed by atoms with Gasteiger partial charge < -0.3 is 16.2 Å². The van der Waals surface area contributed by atoms with Crippen molar-refractivity contribution in [3.8, 4) is 0 Å². The fourth-order valence-electron chi connectivity index (χ4n) is 3.10. The van der Waals surface area contributed by atoms with Crippen LogP contribution in [0.4, 0.5) is 10.6 Å². The van der Waals surface area contributed by atoms with E-state index in [1.165, 1.54) is 6.20 Å². The lowest BCUT2D eigenvalue weighted by Crippen LogP contribution is -2.68. The zero-order chi connectivity index (χ0) is 19.6. The Bertz CT molecular complexity index is 873. The summed E-state index contributed by atoms with van der Waals surface area (Å²) in [6.45, 7) is 1.73. The van der Waals surface area contributed by atoms with Crippen molar-refractivity contribution in [3.05, 3.63) is 54.0 Å². The number of hydrogen-bond acceptors (Lipinski definition) is 6. The number of urea groups is 1. The summed E-state index contributed by atoms with van der Waals surface area (Å²) in [6, 6.07) is 4.36. The molecule has 0 aliphatic carbocycles. The molecule has 140 valence electrons. The molecule has 2 aromatic heterocycles. The van der Waals surface area contributed by atoms with Gasteiger partial charge in [0.15, 0.2) is 6.04 Å². The van der Waals surface area contributed by atoms with Crippen LogP contribution in [0, 0.1) is 5.92 Å². The molecule has 1 aliphatic heterocycles. The number of imide groups is 1. The third-order valence-corrected chi connectivity index (χ3v) is 4.51. The van der Waals surface area contributed by atoms with E-state index < -0.39 is 35.9 Å². The SMILES string of the molecule is CC(NC(=O)N1C(=O)[C@H](Cc2ccnc(N)c2)[C@H]1C(=O)O)c1cccnc1. The number of carboxylic acids is 1. The van der Waals surface area contributed by atoms with Crippen molar-refractivity contribution < 1.29 is 19.5 Å². The Morgan fingerprint density at radius 2 is 2.15 bits per heavy atom. The summed E-state index contributed by atoms with van der Waals surface area (Å²) >= 11 is 0. The van der Waals surface area contributed by atoms with Gasteiger partial charge in [0.2, 0.25) is 5.91 Å². The Balaban J connectivity index is 1.71. The molecule has 1 saturated heterocycles. The van der Waals surface area contributed by atoms with E-state index in [9.17, 15) is 19.5 Å². The van der Waals surface area contributed by atoms with Gasteiger partial charge >= 0.3 is 12.0 Å². The van der Waals surface area contributed by atoms with E-state index in [0.29, 0.717) is 5.56 Å². The summed E-state index contributed by atoms with van der Waals surface area (Å²) in [6.07, 6.45) is 4.86. The molecule has 0 radical (unpaired) electrons. The number of anilines is 1. The smallest absolute Gasteiger partial charge is 0.327 e. The maximum absolute atomic E-state index is 12.5. The van der Waals surface area contributed by atoms with Crippen molar-refractivity contribution in [2.75, 3.05) is 5.73 Å². The number of amides is 3. The molecule has 0 bridgehead atoms. The fourth-order valence-corrected chi connectivity index (χ4v) is 3.10. The lowest BCUT2D eigenvalue weighted by molar-refractivity contribution is -0.165. The molecule has 3 atom stereocenters. The second-order valence-electron chi connectivity index (χ2n) is 6.35. The second kappa shape index (κ2) is 7.40. The minimum atomic E-state index is -1.23. The molecule has 0 saturated carbocycles. The first-order valence-electron chi connectivity index (χ1n) is 8.35. The number of rotatable bonds is 5. The van der Waals surface area contributed by atoms with Gasteiger partial charge in [0, 0.05) is 18.6 Å². The molecule has 9 nitrogen and oxygen atoms in total. The lowest BCUT2D eigenvalue weighted by Gasteiger charge is -2.43. The molecular formula is C18H19N5O4. The van der Waals surface area contributed by atoms with E-state index in [2.05, 4.69) is 15.3 Å². The molecule has 3 amide bonds. The first kappa shape index (κ1) is 18.3. The number of nitrogens with one attached hydrogen (secondary N) is 1. The van der Waals surface area contributed by atoms with Crippen LogP contribution in [0.2, 0.25) is 0 Å². The molecule has 3 rings (SSSR count). The number of aromatic nitrogens is 2. The third-order valence-electron chi connectivity index (χ3n) is 4.51. The molecule has 3 heterocycles. The van der Waals surface area contributed by atoms with Crippen LogP contribution in [-0.4, -0.2) is 43.9 Å². The van der Waals surface area contributed by atoms with Crippen molar-refractivity contribution in [3.63, 3.8) is 0 Å². The number of carbonyl (C=O) groups excluding carboxylic acids is 2. The molecule has 1 unspecified atom stereocenters. The summed E-state index contributed by atoms with van der Waals surface area (Å²) in [4.78, 5) is 45.2. The van der Waals surface area contributed by atoms with Crippen molar-refractivity contribution >= 4 is 23.7 Å². The van der Waals surface area contributed by atoms with Gasteiger partial charge in [-0.2, -0.15) is 0 Å². The van der Waals surface area contributed by atoms with E-state index in [1.807, 2.05) is 0 Å². The Morgan fingerprint density at radius 1 is 1.37 bits per heavy atom. The summed E-state index contributed by atoms with van der Waals surface area (Å²) in [5, 5.41) is 12.1. The predicted octanol–water partition coefficient (Wildman–Crippen LogP) is 0.984. The van der Waals surface area contributed by atoms with Crippen molar-refractivity contribution in [1.29, 1.82) is 0 Å². The van der Waals surface area contributed by atoms with E-state index in [-0.39, 0.29) is 12.2 Å². The molecule has 4 N–H and O–H groups in total. The monoisotopic (exact) mass is 369 g/mol. The van der Waals surface area contributed by atoms with Crippen LogP contribution in [0.25, 0.3) is 0 Å². The van der Waals surface area contributed by atoms with Gasteiger partial charge in [-0.15, -0.1) is 0 Å². The highest BCUT2D eigenvalue weighted by Crippen LogP contribution is 2.31. The third kappa shape index (κ3) is 3.71. The Hall–Kier alpha value is -3.49. The average Bonchev–Trinajstić information content (AvgIpc) is 2.64. The highest BCUT2D eigenvalue weighted by molar-refractivity contribution is 6.07. The van der Waals surface area contributed by atoms with Crippen molar-refractivity contribution in [2.45, 2.75) is 25.4 Å². The highest BCUT2D eigenvalue weighted by atomic mass is 16.4. The quantitative estimate of drug-likeness (QED) is 0.668. The normalized spacial score (nSPS) is 19.9. The highest BCUT2D eigenvalue weighted by Gasteiger charge is 2.54. The Morgan fingerprint density at radius 3 is 2.78 bits per heavy atom. The van der Waals surface area contributed by atoms with Crippen molar-refractivity contribution in [2.24, 2.45) is 5.92 Å². The maximum atomic E-state index is 12.5. The number of carbonyl (C=O) groups is 3. The molecule has 9 heteroatoms. The van der Waals surface area contributed by atoms with Crippen LogP contribution in [0.1, 0.15) is 24.1 Å². The van der Waals surface area contributed by atoms with Gasteiger partial charge in [-0.05, 0) is 42.7 Å². The van der Waals surface area contributed by atoms with Gasteiger partial charge in [0.25, 0.3) is 0 Å². The molecule has 1 aliphatic rings. The standard InChI is InChI=1S/C18H19N5O4/c1-10(12-3-2-5-20-9-12)22-18(27)23-15(17(25)26)13(16(23)24)7-11-4-6-21-14(19)8-11/h2-6,8-10,13,15H,7H2,1H3,(H2,19,21)(H,22,27)(H,25,26)/t10?,13-,15+/m1/s1. The van der Waals surface area contributed by atoms with Crippen LogP contribution < -0.4 is 11.1 Å². The van der Waals surface area contributed by atoms with E-state index >= 15 is 0 Å². The predicted molar refractivity (Wildman–Crippen MR) is 95.3 cm³/mol. The summed E-state index contributed by atoms with van der Waals surface area (Å²) in [7, 11) is 0. The van der Waals surface area contributed by atoms with Crippen LogP contribution in [0.15, 0.2) is 42.9 Å². The number of likely N-dealkylation sites (tertiary alicyclic amines) is 1. The van der Waals surface area contributed by atoms with Crippen LogP contribution in [-0.2, 0) is 16.0 Å². The second-order valence-corrected chi connectivity index (χ2v) is 6.35. The Labute approximate surface area is 155 Å². The molecule has 1 fully saturated rings. The van der Waals surface area contributed by atoms with E-state index in [0.717, 1.165) is 10.5 Å². The Kier molecular flexibility index (Phi) is 5.02. The molecule has 2 aromatic rings. The minimum Gasteiger partial charge on any atom is -0.480 e. The number of nitrogen functional groups attached to an aromatic ring is 1. The van der Waals surface area contributed by atoms with Gasteiger partial charge in [-0.25, -0.2) is 19.5 Å². The van der Waals surface area contributed by atoms with Gasteiger partial charge in [0.05, 0.1) is 12.0 Å². The molecule has 0 spiro atoms. The minimum absolute atomic E-state index is 0.171. The first-order valence-corrected chi connectivity index (χ1v) is 8.35. The summed E-state index contributed by atoms with van der Waals surface area (Å²) in [5.41, 5.74) is 7.05. The van der Waals surface area contributed by atoms with Crippen LogP contribution >= 0.6 is 0 Å². The van der Waals surface area contributed by atoms with Gasteiger partial charge in [0.1, 0.15) is 5.82 Å². The number of nitrogens with zero attached hydrogens (tertiary/aromatic N) is 3. The number of β-lactam (4-membered cyclic amide) rings is 1. The average molecular weight is 369 g/mol. The van der Waals surface area contributed by atoms with Gasteiger partial charge in [-0.3, -0.25) is 9.78 Å². The topological polar surface area (TPSA) is 139 Å². The number of pyridine rings is 2. The van der Waals surface area contributed by atoms with Crippen molar-refractivity contribution in [1.82, 2.24) is 20.2 Å².